The molecule has 1 heterocycles. The molecule has 1 aromatic rings. The van der Waals surface area contributed by atoms with Gasteiger partial charge in [-0.2, -0.15) is 0 Å². The summed E-state index contributed by atoms with van der Waals surface area (Å²) < 4.78 is 0. The van der Waals surface area contributed by atoms with Crippen LogP contribution in [0.15, 0.2) is 12.1 Å². The van der Waals surface area contributed by atoms with Crippen LogP contribution in [0.1, 0.15) is 31.2 Å². The van der Waals surface area contributed by atoms with Crippen LogP contribution in [0.2, 0.25) is 0 Å². The van der Waals surface area contributed by atoms with Crippen molar-refractivity contribution in [1.82, 2.24) is 10.3 Å². The number of hydrogen-bond acceptors (Lipinski definition) is 3. The molecule has 1 saturated carbocycles. The lowest BCUT2D eigenvalue weighted by atomic mass is 10.1. The Balaban J connectivity index is 1.81. The van der Waals surface area contributed by atoms with Crippen LogP contribution in [0.5, 0.6) is 5.75 Å². The maximum atomic E-state index is 9.62. The zero-order valence-corrected chi connectivity index (χ0v) is 10.0. The van der Waals surface area contributed by atoms with Gasteiger partial charge in [0.1, 0.15) is 5.75 Å². The van der Waals surface area contributed by atoms with Gasteiger partial charge in [-0.3, -0.25) is 4.98 Å². The van der Waals surface area contributed by atoms with Gasteiger partial charge in [0.15, 0.2) is 0 Å². The molecule has 3 heteroatoms. The van der Waals surface area contributed by atoms with Crippen molar-refractivity contribution in [3.05, 3.63) is 23.5 Å². The van der Waals surface area contributed by atoms with E-state index < -0.39 is 0 Å². The monoisotopic (exact) mass is 220 g/mol. The Hall–Kier alpha value is -1.09. The maximum Gasteiger partial charge on any atom is 0.138 e. The molecule has 2 rings (SSSR count). The molecule has 0 spiro atoms. The Kier molecular flexibility index (Phi) is 3.44. The molecule has 3 nitrogen and oxygen atoms in total. The average molecular weight is 220 g/mol. The van der Waals surface area contributed by atoms with Crippen molar-refractivity contribution in [2.45, 2.75) is 33.2 Å². The summed E-state index contributed by atoms with van der Waals surface area (Å²) in [6, 6.07) is 3.54. The van der Waals surface area contributed by atoms with Crippen LogP contribution in [-0.2, 0) is 6.54 Å². The number of aromatic hydroxyl groups is 1. The smallest absolute Gasteiger partial charge is 0.138 e. The van der Waals surface area contributed by atoms with E-state index in [4.69, 9.17) is 0 Å². The highest BCUT2D eigenvalue weighted by atomic mass is 16.3. The van der Waals surface area contributed by atoms with E-state index in [0.717, 1.165) is 29.8 Å². The molecule has 1 aliphatic rings. The standard InChI is InChI=1S/C13H20N2O/c1-9(11-4-5-11)7-14-8-12-13(16)6-3-10(2)15-12/h3,6,9,11,14,16H,4-5,7-8H2,1-2H3. The molecule has 1 aromatic heterocycles. The summed E-state index contributed by atoms with van der Waals surface area (Å²) in [5.41, 5.74) is 1.70. The Morgan fingerprint density at radius 1 is 1.50 bits per heavy atom. The molecule has 1 fully saturated rings. The van der Waals surface area contributed by atoms with Crippen LogP contribution < -0.4 is 5.32 Å². The number of aryl methyl sites for hydroxylation is 1. The van der Waals surface area contributed by atoms with Gasteiger partial charge in [-0.25, -0.2) is 0 Å². The third kappa shape index (κ3) is 2.95. The number of aromatic nitrogens is 1. The predicted molar refractivity (Wildman–Crippen MR) is 64.2 cm³/mol. The van der Waals surface area contributed by atoms with Crippen LogP contribution in [0.3, 0.4) is 0 Å². The molecule has 1 atom stereocenters. The van der Waals surface area contributed by atoms with Gasteiger partial charge in [0.25, 0.3) is 0 Å². The number of nitrogens with one attached hydrogen (secondary N) is 1. The maximum absolute atomic E-state index is 9.62. The highest BCUT2D eigenvalue weighted by Crippen LogP contribution is 2.36. The lowest BCUT2D eigenvalue weighted by molar-refractivity contribution is 0.439. The van der Waals surface area contributed by atoms with E-state index in [0.29, 0.717) is 6.54 Å². The minimum atomic E-state index is 0.289. The Bertz CT molecular complexity index is 361. The first kappa shape index (κ1) is 11.4. The highest BCUT2D eigenvalue weighted by Gasteiger charge is 2.27. The minimum absolute atomic E-state index is 0.289. The van der Waals surface area contributed by atoms with Crippen molar-refractivity contribution in [3.8, 4) is 5.75 Å². The van der Waals surface area contributed by atoms with Crippen molar-refractivity contribution in [3.63, 3.8) is 0 Å². The van der Waals surface area contributed by atoms with E-state index in [9.17, 15) is 5.11 Å². The number of nitrogens with zero attached hydrogens (tertiary/aromatic N) is 1. The van der Waals surface area contributed by atoms with Crippen molar-refractivity contribution in [1.29, 1.82) is 0 Å². The van der Waals surface area contributed by atoms with Gasteiger partial charge in [-0.05, 0) is 50.3 Å². The number of hydrogen-bond donors (Lipinski definition) is 2. The van der Waals surface area contributed by atoms with Crippen molar-refractivity contribution in [2.75, 3.05) is 6.54 Å². The average Bonchev–Trinajstić information content (AvgIpc) is 3.06. The van der Waals surface area contributed by atoms with E-state index >= 15 is 0 Å². The van der Waals surface area contributed by atoms with Crippen molar-refractivity contribution in [2.24, 2.45) is 11.8 Å². The van der Waals surface area contributed by atoms with Gasteiger partial charge in [0.05, 0.1) is 5.69 Å². The summed E-state index contributed by atoms with van der Waals surface area (Å²) in [5.74, 6) is 1.95. The molecule has 0 saturated heterocycles. The van der Waals surface area contributed by atoms with E-state index in [2.05, 4.69) is 17.2 Å². The molecule has 2 N–H and O–H groups in total. The fourth-order valence-corrected chi connectivity index (χ4v) is 1.98. The fraction of sp³-hybridized carbons (Fsp3) is 0.615. The lowest BCUT2D eigenvalue weighted by Gasteiger charge is -2.11. The van der Waals surface area contributed by atoms with Crippen LogP contribution in [-0.4, -0.2) is 16.6 Å². The molecule has 0 aliphatic heterocycles. The minimum Gasteiger partial charge on any atom is -0.506 e. The molecule has 0 aromatic carbocycles. The van der Waals surface area contributed by atoms with Crippen LogP contribution >= 0.6 is 0 Å². The van der Waals surface area contributed by atoms with E-state index in [1.165, 1.54) is 12.8 Å². The largest absolute Gasteiger partial charge is 0.506 e. The van der Waals surface area contributed by atoms with Gasteiger partial charge in [-0.1, -0.05) is 6.92 Å². The summed E-state index contributed by atoms with van der Waals surface area (Å²) in [6.07, 6.45) is 2.77. The fourth-order valence-electron chi connectivity index (χ4n) is 1.98. The van der Waals surface area contributed by atoms with E-state index in [-0.39, 0.29) is 5.75 Å². The van der Waals surface area contributed by atoms with Crippen molar-refractivity contribution >= 4 is 0 Å². The highest BCUT2D eigenvalue weighted by molar-refractivity contribution is 5.27. The van der Waals surface area contributed by atoms with Gasteiger partial charge >= 0.3 is 0 Å². The first-order valence-corrected chi connectivity index (χ1v) is 6.03. The van der Waals surface area contributed by atoms with Crippen molar-refractivity contribution < 1.29 is 5.11 Å². The van der Waals surface area contributed by atoms with Crippen LogP contribution in [0.25, 0.3) is 0 Å². The predicted octanol–water partition coefficient (Wildman–Crippen LogP) is 2.23. The quantitative estimate of drug-likeness (QED) is 0.800. The van der Waals surface area contributed by atoms with Gasteiger partial charge in [0, 0.05) is 12.2 Å². The molecular weight excluding hydrogens is 200 g/mol. The number of rotatable bonds is 5. The van der Waals surface area contributed by atoms with E-state index in [1.54, 1.807) is 6.07 Å². The topological polar surface area (TPSA) is 45.1 Å². The summed E-state index contributed by atoms with van der Waals surface area (Å²) >= 11 is 0. The molecule has 16 heavy (non-hydrogen) atoms. The Morgan fingerprint density at radius 2 is 2.25 bits per heavy atom. The molecular formula is C13H20N2O. The first-order chi connectivity index (χ1) is 7.66. The van der Waals surface area contributed by atoms with Crippen LogP contribution in [0, 0.1) is 18.8 Å². The zero-order valence-electron chi connectivity index (χ0n) is 10.0. The second-order valence-corrected chi connectivity index (χ2v) is 4.86. The summed E-state index contributed by atoms with van der Waals surface area (Å²) in [7, 11) is 0. The zero-order chi connectivity index (χ0) is 11.5. The second kappa shape index (κ2) is 4.83. The van der Waals surface area contributed by atoms with E-state index in [1.807, 2.05) is 13.0 Å². The third-order valence-electron chi connectivity index (χ3n) is 3.27. The molecule has 0 bridgehead atoms. The summed E-state index contributed by atoms with van der Waals surface area (Å²) in [5, 5.41) is 13.0. The molecule has 0 radical (unpaired) electrons. The molecule has 1 unspecified atom stereocenters. The van der Waals surface area contributed by atoms with Crippen LogP contribution in [0.4, 0.5) is 0 Å². The number of pyridine rings is 1. The lowest BCUT2D eigenvalue weighted by Crippen LogP contribution is -2.22. The SMILES string of the molecule is Cc1ccc(O)c(CNCC(C)C2CC2)n1. The third-order valence-corrected chi connectivity index (χ3v) is 3.27. The van der Waals surface area contributed by atoms with Gasteiger partial charge in [0.2, 0.25) is 0 Å². The second-order valence-electron chi connectivity index (χ2n) is 4.86. The molecule has 1 aliphatic carbocycles. The summed E-state index contributed by atoms with van der Waals surface area (Å²) in [4.78, 5) is 4.32. The molecule has 88 valence electrons. The Morgan fingerprint density at radius 3 is 2.94 bits per heavy atom. The van der Waals surface area contributed by atoms with Gasteiger partial charge < -0.3 is 10.4 Å². The summed E-state index contributed by atoms with van der Waals surface area (Å²) in [6.45, 7) is 5.90. The Labute approximate surface area is 96.9 Å². The molecule has 0 amide bonds. The van der Waals surface area contributed by atoms with Gasteiger partial charge in [-0.15, -0.1) is 0 Å². The normalized spacial score (nSPS) is 17.4. The first-order valence-electron chi connectivity index (χ1n) is 6.03.